The molecule has 1 N–H and O–H groups in total. The summed E-state index contributed by atoms with van der Waals surface area (Å²) in [6.45, 7) is 1.15. The van der Waals surface area contributed by atoms with Gasteiger partial charge in [-0.2, -0.15) is 0 Å². The molecule has 2 aromatic carbocycles. The highest BCUT2D eigenvalue weighted by Gasteiger charge is 2.17. The number of anilines is 2. The predicted octanol–water partition coefficient (Wildman–Crippen LogP) is 4.59. The molecule has 2 aromatic heterocycles. The molecule has 136 valence electrons. The summed E-state index contributed by atoms with van der Waals surface area (Å²) < 4.78 is 18.6. The van der Waals surface area contributed by atoms with Crippen LogP contribution in [0.1, 0.15) is 0 Å². The summed E-state index contributed by atoms with van der Waals surface area (Å²) in [6, 6.07) is 13.8. The van der Waals surface area contributed by atoms with Crippen molar-refractivity contribution in [3.63, 3.8) is 0 Å². The molecule has 1 aliphatic heterocycles. The molecule has 0 atom stereocenters. The number of nitrogens with zero attached hydrogens (tertiary/aromatic N) is 2. The van der Waals surface area contributed by atoms with Gasteiger partial charge in [-0.15, -0.1) is 11.3 Å². The lowest BCUT2D eigenvalue weighted by Gasteiger charge is -2.19. The minimum atomic E-state index is 0.564. The van der Waals surface area contributed by atoms with Crippen LogP contribution in [0.3, 0.4) is 0 Å². The van der Waals surface area contributed by atoms with Gasteiger partial charge in [0.1, 0.15) is 30.5 Å². The Kier molecular flexibility index (Phi) is 3.86. The summed E-state index contributed by atoms with van der Waals surface area (Å²) in [5, 5.41) is 5.52. The lowest BCUT2D eigenvalue weighted by atomic mass is 10.1. The van der Waals surface area contributed by atoms with Gasteiger partial charge < -0.3 is 19.5 Å². The standard InChI is InChI=1S/C20H17N3O3S/c1-24-15-5-2-13(3-6-15)18-19(23-8-11-27-20(23)22-18)21-14-4-7-16-17(12-14)26-10-9-25-16/h2-8,11-12,21H,9-10H2,1H3. The maximum absolute atomic E-state index is 5.70. The average molecular weight is 379 g/mol. The number of hydrogen-bond donors (Lipinski definition) is 1. The van der Waals surface area contributed by atoms with Crippen molar-refractivity contribution < 1.29 is 14.2 Å². The molecule has 27 heavy (non-hydrogen) atoms. The van der Waals surface area contributed by atoms with Gasteiger partial charge in [-0.1, -0.05) is 0 Å². The minimum absolute atomic E-state index is 0.564. The number of ether oxygens (including phenoxy) is 3. The molecule has 6 nitrogen and oxygen atoms in total. The molecule has 0 amide bonds. The number of benzene rings is 2. The zero-order valence-electron chi connectivity index (χ0n) is 14.6. The van der Waals surface area contributed by atoms with E-state index in [1.54, 1.807) is 18.4 Å². The van der Waals surface area contributed by atoms with Gasteiger partial charge in [0.2, 0.25) is 0 Å². The van der Waals surface area contributed by atoms with Crippen LogP contribution >= 0.6 is 11.3 Å². The van der Waals surface area contributed by atoms with E-state index in [1.165, 1.54) is 0 Å². The summed E-state index contributed by atoms with van der Waals surface area (Å²) in [4.78, 5) is 5.74. The molecule has 0 saturated heterocycles. The van der Waals surface area contributed by atoms with E-state index in [4.69, 9.17) is 19.2 Å². The van der Waals surface area contributed by atoms with Crippen LogP contribution in [0.15, 0.2) is 54.0 Å². The van der Waals surface area contributed by atoms with Crippen molar-refractivity contribution in [2.75, 3.05) is 25.6 Å². The first-order valence-corrected chi connectivity index (χ1v) is 9.46. The SMILES string of the molecule is COc1ccc(-c2nc3sccn3c2Nc2ccc3c(c2)OCCO3)cc1. The smallest absolute Gasteiger partial charge is 0.195 e. The molecule has 0 radical (unpaired) electrons. The Morgan fingerprint density at radius 2 is 1.89 bits per heavy atom. The molecule has 4 aromatic rings. The van der Waals surface area contributed by atoms with Crippen LogP contribution < -0.4 is 19.5 Å². The van der Waals surface area contributed by atoms with Crippen LogP contribution in [0, 0.1) is 0 Å². The third-order valence-corrected chi connectivity index (χ3v) is 5.19. The molecule has 3 heterocycles. The van der Waals surface area contributed by atoms with E-state index in [-0.39, 0.29) is 0 Å². The van der Waals surface area contributed by atoms with E-state index < -0.39 is 0 Å². The Hall–Kier alpha value is -3.19. The van der Waals surface area contributed by atoms with Gasteiger partial charge in [-0.25, -0.2) is 4.98 Å². The van der Waals surface area contributed by atoms with E-state index in [1.807, 2.05) is 54.0 Å². The number of rotatable bonds is 4. The van der Waals surface area contributed by atoms with Crippen molar-refractivity contribution in [3.8, 4) is 28.5 Å². The third kappa shape index (κ3) is 2.86. The molecule has 0 saturated carbocycles. The van der Waals surface area contributed by atoms with Crippen LogP contribution in [-0.4, -0.2) is 29.7 Å². The van der Waals surface area contributed by atoms with Crippen LogP contribution in [0.25, 0.3) is 16.2 Å². The minimum Gasteiger partial charge on any atom is -0.497 e. The van der Waals surface area contributed by atoms with Gasteiger partial charge in [-0.3, -0.25) is 4.40 Å². The molecule has 0 spiro atoms. The zero-order valence-corrected chi connectivity index (χ0v) is 15.5. The van der Waals surface area contributed by atoms with Crippen molar-refractivity contribution in [3.05, 3.63) is 54.0 Å². The van der Waals surface area contributed by atoms with Gasteiger partial charge in [0, 0.05) is 28.9 Å². The van der Waals surface area contributed by atoms with Crippen LogP contribution in [0.5, 0.6) is 17.2 Å². The Bertz CT molecular complexity index is 1100. The van der Waals surface area contributed by atoms with Crippen molar-refractivity contribution >= 4 is 27.8 Å². The molecule has 0 aliphatic carbocycles. The molecule has 7 heteroatoms. The number of thiazole rings is 1. The van der Waals surface area contributed by atoms with Gasteiger partial charge in [0.05, 0.1) is 7.11 Å². The van der Waals surface area contributed by atoms with Gasteiger partial charge >= 0.3 is 0 Å². The number of methoxy groups -OCH3 is 1. The molecule has 0 unspecified atom stereocenters. The number of imidazole rings is 1. The molecule has 1 aliphatic rings. The predicted molar refractivity (Wildman–Crippen MR) is 106 cm³/mol. The summed E-state index contributed by atoms with van der Waals surface area (Å²) in [5.41, 5.74) is 2.83. The van der Waals surface area contributed by atoms with Gasteiger partial charge in [-0.05, 0) is 36.4 Å². The quantitative estimate of drug-likeness (QED) is 0.562. The van der Waals surface area contributed by atoms with E-state index in [0.717, 1.165) is 45.0 Å². The Labute approximate surface area is 160 Å². The van der Waals surface area contributed by atoms with Gasteiger partial charge in [0.15, 0.2) is 16.5 Å². The van der Waals surface area contributed by atoms with E-state index in [2.05, 4.69) is 9.72 Å². The highest BCUT2D eigenvalue weighted by molar-refractivity contribution is 7.15. The third-order valence-electron chi connectivity index (χ3n) is 4.43. The fourth-order valence-electron chi connectivity index (χ4n) is 3.11. The fourth-order valence-corrected chi connectivity index (χ4v) is 3.83. The highest BCUT2D eigenvalue weighted by Crippen LogP contribution is 2.37. The first-order chi connectivity index (χ1) is 13.3. The molecule has 5 rings (SSSR count). The topological polar surface area (TPSA) is 57.0 Å². The van der Waals surface area contributed by atoms with Crippen LogP contribution in [0.4, 0.5) is 11.5 Å². The number of fused-ring (bicyclic) bond motifs is 2. The normalized spacial score (nSPS) is 12.9. The summed E-state index contributed by atoms with van der Waals surface area (Å²) in [6.07, 6.45) is 2.01. The summed E-state index contributed by atoms with van der Waals surface area (Å²) in [5.74, 6) is 3.26. The fraction of sp³-hybridized carbons (Fsp3) is 0.150. The van der Waals surface area contributed by atoms with E-state index in [9.17, 15) is 0 Å². The van der Waals surface area contributed by atoms with Crippen LogP contribution in [0.2, 0.25) is 0 Å². The Balaban J connectivity index is 1.56. The maximum atomic E-state index is 5.70. The average Bonchev–Trinajstić information content (AvgIpc) is 3.31. The molecular formula is C20H17N3O3S. The Morgan fingerprint density at radius 1 is 1.07 bits per heavy atom. The van der Waals surface area contributed by atoms with Crippen molar-refractivity contribution in [2.24, 2.45) is 0 Å². The second kappa shape index (κ2) is 6.51. The van der Waals surface area contributed by atoms with Gasteiger partial charge in [0.25, 0.3) is 0 Å². The Morgan fingerprint density at radius 3 is 2.70 bits per heavy atom. The zero-order chi connectivity index (χ0) is 18.2. The second-order valence-electron chi connectivity index (χ2n) is 6.08. The maximum Gasteiger partial charge on any atom is 0.195 e. The number of aromatic nitrogens is 2. The van der Waals surface area contributed by atoms with E-state index in [0.29, 0.717) is 13.2 Å². The van der Waals surface area contributed by atoms with E-state index >= 15 is 0 Å². The summed E-state index contributed by atoms with van der Waals surface area (Å²) >= 11 is 1.60. The first kappa shape index (κ1) is 16.0. The van der Waals surface area contributed by atoms with Crippen molar-refractivity contribution in [1.29, 1.82) is 0 Å². The van der Waals surface area contributed by atoms with Crippen molar-refractivity contribution in [2.45, 2.75) is 0 Å². The first-order valence-electron chi connectivity index (χ1n) is 8.58. The largest absolute Gasteiger partial charge is 0.497 e. The second-order valence-corrected chi connectivity index (χ2v) is 6.95. The molecule has 0 fully saturated rings. The lowest BCUT2D eigenvalue weighted by molar-refractivity contribution is 0.171. The summed E-state index contributed by atoms with van der Waals surface area (Å²) in [7, 11) is 1.66. The number of nitrogens with one attached hydrogen (secondary N) is 1. The number of hydrogen-bond acceptors (Lipinski definition) is 6. The molecular weight excluding hydrogens is 362 g/mol. The lowest BCUT2D eigenvalue weighted by Crippen LogP contribution is -2.15. The molecule has 0 bridgehead atoms. The monoisotopic (exact) mass is 379 g/mol. The van der Waals surface area contributed by atoms with Crippen LogP contribution in [-0.2, 0) is 0 Å². The van der Waals surface area contributed by atoms with Crippen molar-refractivity contribution in [1.82, 2.24) is 9.38 Å². The highest BCUT2D eigenvalue weighted by atomic mass is 32.1.